The van der Waals surface area contributed by atoms with Crippen molar-refractivity contribution in [1.29, 1.82) is 0 Å². The monoisotopic (exact) mass is 373 g/mol. The second-order valence-corrected chi connectivity index (χ2v) is 7.44. The highest BCUT2D eigenvalue weighted by molar-refractivity contribution is 5.83. The third-order valence-corrected chi connectivity index (χ3v) is 4.93. The number of rotatable bonds is 5. The first-order valence-electron chi connectivity index (χ1n) is 9.46. The van der Waals surface area contributed by atoms with Crippen molar-refractivity contribution < 1.29 is 18.7 Å². The number of fused-ring (bicyclic) bond motifs is 1. The quantitative estimate of drug-likeness (QED) is 0.813. The van der Waals surface area contributed by atoms with Crippen LogP contribution in [-0.2, 0) is 9.53 Å². The second kappa shape index (κ2) is 8.41. The first kappa shape index (κ1) is 19.2. The Bertz CT molecular complexity index is 760. The average molecular weight is 373 g/mol. The van der Waals surface area contributed by atoms with Gasteiger partial charge in [-0.15, -0.1) is 0 Å². The summed E-state index contributed by atoms with van der Waals surface area (Å²) >= 11 is 0. The maximum atomic E-state index is 12.6. The van der Waals surface area contributed by atoms with Gasteiger partial charge in [-0.3, -0.25) is 0 Å². The number of nitrogens with one attached hydrogen (secondary N) is 1. The fourth-order valence-corrected chi connectivity index (χ4v) is 3.46. The number of carbonyl (C=O) groups is 2. The van der Waals surface area contributed by atoms with Crippen LogP contribution in [0.15, 0.2) is 28.7 Å². The number of urea groups is 1. The maximum Gasteiger partial charge on any atom is 0.328 e. The van der Waals surface area contributed by atoms with Crippen molar-refractivity contribution in [2.75, 3.05) is 20.2 Å². The van der Waals surface area contributed by atoms with Crippen LogP contribution in [0.3, 0.4) is 0 Å². The summed E-state index contributed by atoms with van der Waals surface area (Å²) in [6, 6.07) is 6.89. The van der Waals surface area contributed by atoms with Gasteiger partial charge in [0.15, 0.2) is 11.5 Å². The van der Waals surface area contributed by atoms with Crippen molar-refractivity contribution in [3.8, 4) is 0 Å². The number of piperidine rings is 1. The van der Waals surface area contributed by atoms with E-state index in [1.54, 1.807) is 4.90 Å². The van der Waals surface area contributed by atoms with Crippen molar-refractivity contribution in [3.63, 3.8) is 0 Å². The van der Waals surface area contributed by atoms with Crippen LogP contribution >= 0.6 is 0 Å². The molecule has 0 unspecified atom stereocenters. The van der Waals surface area contributed by atoms with E-state index in [2.05, 4.69) is 10.3 Å². The second-order valence-electron chi connectivity index (χ2n) is 7.44. The van der Waals surface area contributed by atoms with Gasteiger partial charge in [0.1, 0.15) is 11.6 Å². The Morgan fingerprint density at radius 1 is 1.30 bits per heavy atom. The van der Waals surface area contributed by atoms with E-state index >= 15 is 0 Å². The van der Waals surface area contributed by atoms with Crippen LogP contribution < -0.4 is 5.32 Å². The Morgan fingerprint density at radius 3 is 2.63 bits per heavy atom. The fraction of sp³-hybridized carbons (Fsp3) is 0.550. The topological polar surface area (TPSA) is 84.7 Å². The zero-order chi connectivity index (χ0) is 19.4. The summed E-state index contributed by atoms with van der Waals surface area (Å²) in [6.07, 6.45) is 2.12. The molecule has 2 aromatic rings. The minimum absolute atomic E-state index is 0.202. The molecule has 1 atom stereocenters. The molecule has 0 aliphatic carbocycles. The summed E-state index contributed by atoms with van der Waals surface area (Å²) in [6.45, 7) is 5.22. The molecular formula is C20H27N3O4. The lowest BCUT2D eigenvalue weighted by Crippen LogP contribution is -2.50. The third-order valence-electron chi connectivity index (χ3n) is 4.93. The maximum absolute atomic E-state index is 12.6. The fourth-order valence-electron chi connectivity index (χ4n) is 3.46. The zero-order valence-electron chi connectivity index (χ0n) is 16.1. The van der Waals surface area contributed by atoms with E-state index in [1.165, 1.54) is 7.11 Å². The summed E-state index contributed by atoms with van der Waals surface area (Å²) < 4.78 is 10.7. The van der Waals surface area contributed by atoms with E-state index in [0.717, 1.165) is 29.8 Å². The lowest BCUT2D eigenvalue weighted by atomic mass is 9.97. The van der Waals surface area contributed by atoms with E-state index in [1.807, 2.05) is 38.1 Å². The number of hydrogen-bond donors (Lipinski definition) is 1. The first-order chi connectivity index (χ1) is 13.0. The normalized spacial score (nSPS) is 16.5. The van der Waals surface area contributed by atoms with Crippen LogP contribution in [0.25, 0.3) is 11.1 Å². The Hall–Kier alpha value is -2.57. The molecule has 2 heterocycles. The molecule has 1 aliphatic rings. The van der Waals surface area contributed by atoms with Gasteiger partial charge in [-0.25, -0.2) is 14.6 Å². The molecule has 1 aromatic carbocycles. The predicted molar refractivity (Wildman–Crippen MR) is 101 cm³/mol. The molecule has 146 valence electrons. The smallest absolute Gasteiger partial charge is 0.328 e. The Labute approximate surface area is 159 Å². The van der Waals surface area contributed by atoms with Gasteiger partial charge < -0.3 is 19.4 Å². The minimum atomic E-state index is -0.614. The first-order valence-corrected chi connectivity index (χ1v) is 9.46. The largest absolute Gasteiger partial charge is 0.467 e. The molecule has 2 amide bonds. The van der Waals surface area contributed by atoms with Gasteiger partial charge in [0.25, 0.3) is 0 Å². The number of oxazole rings is 1. The van der Waals surface area contributed by atoms with Crippen molar-refractivity contribution in [2.24, 2.45) is 5.92 Å². The molecule has 0 saturated carbocycles. The molecule has 27 heavy (non-hydrogen) atoms. The molecule has 1 fully saturated rings. The van der Waals surface area contributed by atoms with Crippen molar-refractivity contribution >= 4 is 23.1 Å². The highest BCUT2D eigenvalue weighted by Crippen LogP contribution is 2.29. The number of methoxy groups -OCH3 is 1. The molecule has 7 heteroatoms. The molecule has 0 radical (unpaired) electrons. The summed E-state index contributed by atoms with van der Waals surface area (Å²) in [5.41, 5.74) is 1.66. The Balaban J connectivity index is 1.57. The molecule has 1 saturated heterocycles. The number of nitrogens with zero attached hydrogens (tertiary/aromatic N) is 2. The van der Waals surface area contributed by atoms with Crippen LogP contribution in [0.1, 0.15) is 44.9 Å². The standard InChI is InChI=1S/C20H27N3O4/c1-13(2)12-16(19(24)26-3)22-20(25)23-10-8-14(9-11-23)18-21-15-6-4-5-7-17(15)27-18/h4-7,13-14,16H,8-12H2,1-3H3,(H,22,25)/t16-/m1/s1. The molecule has 3 rings (SSSR count). The van der Waals surface area contributed by atoms with E-state index in [4.69, 9.17) is 9.15 Å². The molecule has 1 aromatic heterocycles. The highest BCUT2D eigenvalue weighted by Gasteiger charge is 2.30. The minimum Gasteiger partial charge on any atom is -0.467 e. The summed E-state index contributed by atoms with van der Waals surface area (Å²) in [5, 5.41) is 2.82. The lowest BCUT2D eigenvalue weighted by molar-refractivity contribution is -0.143. The number of hydrogen-bond acceptors (Lipinski definition) is 5. The summed E-state index contributed by atoms with van der Waals surface area (Å²) in [4.78, 5) is 30.8. The molecule has 1 aliphatic heterocycles. The van der Waals surface area contributed by atoms with E-state index in [9.17, 15) is 9.59 Å². The Morgan fingerprint density at radius 2 is 2.00 bits per heavy atom. The summed E-state index contributed by atoms with van der Waals surface area (Å²) in [7, 11) is 1.34. The Kier molecular flexibility index (Phi) is 5.98. The van der Waals surface area contributed by atoms with E-state index in [0.29, 0.717) is 19.5 Å². The van der Waals surface area contributed by atoms with Gasteiger partial charge in [0, 0.05) is 19.0 Å². The molecule has 1 N–H and O–H groups in total. The third kappa shape index (κ3) is 4.59. The number of benzene rings is 1. The van der Waals surface area contributed by atoms with Crippen LogP contribution in [-0.4, -0.2) is 48.1 Å². The molecule has 7 nitrogen and oxygen atoms in total. The average Bonchev–Trinajstić information content (AvgIpc) is 3.10. The number of carbonyl (C=O) groups excluding carboxylic acids is 2. The lowest BCUT2D eigenvalue weighted by Gasteiger charge is -2.32. The zero-order valence-corrected chi connectivity index (χ0v) is 16.1. The highest BCUT2D eigenvalue weighted by atomic mass is 16.5. The van der Waals surface area contributed by atoms with Crippen LogP contribution in [0.4, 0.5) is 4.79 Å². The van der Waals surface area contributed by atoms with E-state index in [-0.39, 0.29) is 17.9 Å². The van der Waals surface area contributed by atoms with Crippen molar-refractivity contribution in [1.82, 2.24) is 15.2 Å². The van der Waals surface area contributed by atoms with Gasteiger partial charge in [0.2, 0.25) is 0 Å². The van der Waals surface area contributed by atoms with Gasteiger partial charge in [0.05, 0.1) is 7.11 Å². The van der Waals surface area contributed by atoms with Crippen LogP contribution in [0.5, 0.6) is 0 Å². The summed E-state index contributed by atoms with van der Waals surface area (Å²) in [5.74, 6) is 0.815. The van der Waals surface area contributed by atoms with Gasteiger partial charge in [-0.1, -0.05) is 26.0 Å². The number of likely N-dealkylation sites (tertiary alicyclic amines) is 1. The van der Waals surface area contributed by atoms with Crippen molar-refractivity contribution in [2.45, 2.75) is 45.1 Å². The van der Waals surface area contributed by atoms with Crippen LogP contribution in [0.2, 0.25) is 0 Å². The van der Waals surface area contributed by atoms with E-state index < -0.39 is 12.0 Å². The predicted octanol–water partition coefficient (Wildman–Crippen LogP) is 3.30. The molecule has 0 bridgehead atoms. The number of ether oxygens (including phenoxy) is 1. The van der Waals surface area contributed by atoms with Crippen molar-refractivity contribution in [3.05, 3.63) is 30.2 Å². The SMILES string of the molecule is COC(=O)[C@@H](CC(C)C)NC(=O)N1CCC(c2nc3ccccc3o2)CC1. The number of aromatic nitrogens is 1. The molecule has 0 spiro atoms. The van der Waals surface area contributed by atoms with Gasteiger partial charge >= 0.3 is 12.0 Å². The van der Waals surface area contributed by atoms with Crippen LogP contribution in [0, 0.1) is 5.92 Å². The number of esters is 1. The van der Waals surface area contributed by atoms with Gasteiger partial charge in [-0.05, 0) is 37.3 Å². The van der Waals surface area contributed by atoms with Gasteiger partial charge in [-0.2, -0.15) is 0 Å². The number of para-hydroxylation sites is 2. The molecular weight excluding hydrogens is 346 g/mol. The number of amides is 2.